The van der Waals surface area contributed by atoms with Crippen molar-refractivity contribution < 1.29 is 0 Å². The zero-order valence-electron chi connectivity index (χ0n) is 9.76. The molecule has 17 heavy (non-hydrogen) atoms. The van der Waals surface area contributed by atoms with E-state index in [4.69, 9.17) is 10.2 Å². The maximum Gasteiger partial charge on any atom is 0.113 e. The molecule has 3 heteroatoms. The van der Waals surface area contributed by atoms with Gasteiger partial charge < -0.3 is 4.57 Å². The predicted molar refractivity (Wildman–Crippen MR) is 66.6 cm³/mol. The van der Waals surface area contributed by atoms with E-state index in [-0.39, 0.29) is 0 Å². The third kappa shape index (κ3) is 1.70. The lowest BCUT2D eigenvalue weighted by Crippen LogP contribution is -2.15. The van der Waals surface area contributed by atoms with Crippen LogP contribution in [0.2, 0.25) is 0 Å². The van der Waals surface area contributed by atoms with Crippen LogP contribution >= 0.6 is 0 Å². The van der Waals surface area contributed by atoms with E-state index < -0.39 is 0 Å². The molecule has 1 aliphatic rings. The van der Waals surface area contributed by atoms with Crippen LogP contribution < -0.4 is 0 Å². The van der Waals surface area contributed by atoms with E-state index in [9.17, 15) is 0 Å². The number of aromatic nitrogens is 2. The molecule has 1 aromatic carbocycles. The van der Waals surface area contributed by atoms with Gasteiger partial charge in [-0.1, -0.05) is 18.6 Å². The first-order chi connectivity index (χ1) is 8.40. The molecule has 0 amide bonds. The molecule has 0 N–H and O–H groups in total. The Morgan fingerprint density at radius 3 is 2.88 bits per heavy atom. The maximum absolute atomic E-state index is 8.75. The van der Waals surface area contributed by atoms with E-state index in [0.29, 0.717) is 12.3 Å². The highest BCUT2D eigenvalue weighted by molar-refractivity contribution is 5.76. The summed E-state index contributed by atoms with van der Waals surface area (Å²) in [6.45, 7) is 0.767. The third-order valence-electron chi connectivity index (χ3n) is 3.60. The monoisotopic (exact) mass is 225 g/mol. The summed E-state index contributed by atoms with van der Waals surface area (Å²) >= 11 is 0. The second-order valence-electron chi connectivity index (χ2n) is 4.65. The first-order valence-corrected chi connectivity index (χ1v) is 6.22. The first-order valence-electron chi connectivity index (χ1n) is 6.22. The lowest BCUT2D eigenvalue weighted by Gasteiger charge is -2.25. The highest BCUT2D eigenvalue weighted by atomic mass is 15.1. The smallest absolute Gasteiger partial charge is 0.113 e. The van der Waals surface area contributed by atoms with Crippen molar-refractivity contribution in [2.45, 2.75) is 38.1 Å². The first kappa shape index (κ1) is 10.3. The molecular formula is C14H15N3. The van der Waals surface area contributed by atoms with Gasteiger partial charge in [0.25, 0.3) is 0 Å². The highest BCUT2D eigenvalue weighted by Gasteiger charge is 2.25. The average Bonchev–Trinajstić information content (AvgIpc) is 2.62. The van der Waals surface area contributed by atoms with Gasteiger partial charge in [-0.25, -0.2) is 4.98 Å². The number of para-hydroxylation sites is 2. The normalized spacial score (nSPS) is 15.7. The van der Waals surface area contributed by atoms with Gasteiger partial charge in [-0.3, -0.25) is 0 Å². The Hall–Kier alpha value is -1.82. The van der Waals surface area contributed by atoms with Gasteiger partial charge in [0, 0.05) is 12.5 Å². The molecular weight excluding hydrogens is 210 g/mol. The Morgan fingerprint density at radius 1 is 1.35 bits per heavy atom. The quantitative estimate of drug-likeness (QED) is 0.804. The van der Waals surface area contributed by atoms with Gasteiger partial charge in [0.1, 0.15) is 5.82 Å². The number of nitrogens with zero attached hydrogens (tertiary/aromatic N) is 3. The Labute approximate surface area is 101 Å². The molecule has 1 saturated carbocycles. The number of imidazole rings is 1. The van der Waals surface area contributed by atoms with Gasteiger partial charge in [0.05, 0.1) is 23.5 Å². The fourth-order valence-corrected chi connectivity index (χ4v) is 2.47. The molecule has 1 heterocycles. The van der Waals surface area contributed by atoms with E-state index in [1.54, 1.807) is 0 Å². The molecule has 2 aromatic rings. The van der Waals surface area contributed by atoms with Crippen molar-refractivity contribution in [3.63, 3.8) is 0 Å². The standard InChI is InChI=1S/C14H15N3/c15-9-4-10-17-13-8-2-1-7-12(13)16-14(17)11-5-3-6-11/h1-2,7-8,11H,3-6,10H2. The molecule has 86 valence electrons. The molecule has 0 radical (unpaired) electrons. The summed E-state index contributed by atoms with van der Waals surface area (Å²) in [5, 5.41) is 8.75. The summed E-state index contributed by atoms with van der Waals surface area (Å²) in [4.78, 5) is 4.74. The molecule has 0 unspecified atom stereocenters. The van der Waals surface area contributed by atoms with E-state index >= 15 is 0 Å². The van der Waals surface area contributed by atoms with Crippen molar-refractivity contribution in [2.24, 2.45) is 0 Å². The Kier molecular flexibility index (Phi) is 2.56. The fourth-order valence-electron chi connectivity index (χ4n) is 2.47. The second-order valence-corrected chi connectivity index (χ2v) is 4.65. The summed E-state index contributed by atoms with van der Waals surface area (Å²) < 4.78 is 2.24. The topological polar surface area (TPSA) is 41.6 Å². The van der Waals surface area contributed by atoms with Crippen molar-refractivity contribution in [3.05, 3.63) is 30.1 Å². The minimum Gasteiger partial charge on any atom is -0.327 e. The second kappa shape index (κ2) is 4.21. The van der Waals surface area contributed by atoms with Crippen LogP contribution in [0.15, 0.2) is 24.3 Å². The van der Waals surface area contributed by atoms with Gasteiger partial charge in [-0.2, -0.15) is 5.26 Å². The van der Waals surface area contributed by atoms with Crippen LogP contribution in [0.5, 0.6) is 0 Å². The molecule has 0 bridgehead atoms. The van der Waals surface area contributed by atoms with Gasteiger partial charge in [-0.05, 0) is 25.0 Å². The maximum atomic E-state index is 8.75. The largest absolute Gasteiger partial charge is 0.327 e. The summed E-state index contributed by atoms with van der Waals surface area (Å²) in [6, 6.07) is 10.4. The van der Waals surface area contributed by atoms with Crippen LogP contribution in [-0.4, -0.2) is 9.55 Å². The van der Waals surface area contributed by atoms with Crippen molar-refractivity contribution >= 4 is 11.0 Å². The minimum atomic E-state index is 0.556. The van der Waals surface area contributed by atoms with Gasteiger partial charge in [0.15, 0.2) is 0 Å². The van der Waals surface area contributed by atoms with Crippen LogP contribution in [0.4, 0.5) is 0 Å². The number of hydrogen-bond acceptors (Lipinski definition) is 2. The Balaban J connectivity index is 2.08. The molecule has 0 spiro atoms. The van der Waals surface area contributed by atoms with Crippen LogP contribution in [0.1, 0.15) is 37.4 Å². The van der Waals surface area contributed by atoms with E-state index in [1.807, 2.05) is 12.1 Å². The lowest BCUT2D eigenvalue weighted by atomic mass is 9.85. The summed E-state index contributed by atoms with van der Waals surface area (Å²) in [5.41, 5.74) is 2.23. The number of hydrogen-bond donors (Lipinski definition) is 0. The number of fused-ring (bicyclic) bond motifs is 1. The molecule has 3 nitrogen and oxygen atoms in total. The van der Waals surface area contributed by atoms with Gasteiger partial charge >= 0.3 is 0 Å². The highest BCUT2D eigenvalue weighted by Crippen LogP contribution is 2.37. The predicted octanol–water partition coefficient (Wildman–Crippen LogP) is 3.22. The number of benzene rings is 1. The number of nitriles is 1. The average molecular weight is 225 g/mol. The Morgan fingerprint density at radius 2 is 2.18 bits per heavy atom. The Bertz CT molecular complexity index is 573. The zero-order chi connectivity index (χ0) is 11.7. The van der Waals surface area contributed by atoms with Gasteiger partial charge in [-0.15, -0.1) is 0 Å². The SMILES string of the molecule is N#CCCn1c(C2CCC2)nc2ccccc21. The lowest BCUT2D eigenvalue weighted by molar-refractivity contribution is 0.389. The van der Waals surface area contributed by atoms with Crippen LogP contribution in [-0.2, 0) is 6.54 Å². The van der Waals surface area contributed by atoms with Crippen LogP contribution in [0.25, 0.3) is 11.0 Å². The summed E-state index contributed by atoms with van der Waals surface area (Å²) in [5.74, 6) is 1.80. The van der Waals surface area contributed by atoms with E-state index in [2.05, 4.69) is 22.8 Å². The molecule has 0 saturated heterocycles. The molecule has 3 rings (SSSR count). The zero-order valence-corrected chi connectivity index (χ0v) is 9.76. The summed E-state index contributed by atoms with van der Waals surface area (Å²) in [7, 11) is 0. The molecule has 0 aliphatic heterocycles. The fraction of sp³-hybridized carbons (Fsp3) is 0.429. The summed E-state index contributed by atoms with van der Waals surface area (Å²) in [6.07, 6.45) is 4.36. The van der Waals surface area contributed by atoms with Crippen LogP contribution in [0.3, 0.4) is 0 Å². The molecule has 1 aliphatic carbocycles. The van der Waals surface area contributed by atoms with Gasteiger partial charge in [0.2, 0.25) is 0 Å². The van der Waals surface area contributed by atoms with Crippen molar-refractivity contribution in [2.75, 3.05) is 0 Å². The van der Waals surface area contributed by atoms with Crippen molar-refractivity contribution in [1.29, 1.82) is 5.26 Å². The number of aryl methyl sites for hydroxylation is 1. The number of rotatable bonds is 3. The molecule has 1 aromatic heterocycles. The third-order valence-corrected chi connectivity index (χ3v) is 3.60. The van der Waals surface area contributed by atoms with E-state index in [0.717, 1.165) is 12.1 Å². The van der Waals surface area contributed by atoms with Crippen molar-refractivity contribution in [1.82, 2.24) is 9.55 Å². The molecule has 0 atom stereocenters. The molecule has 1 fully saturated rings. The minimum absolute atomic E-state index is 0.556. The van der Waals surface area contributed by atoms with Crippen LogP contribution in [0, 0.1) is 11.3 Å². The van der Waals surface area contributed by atoms with Crippen molar-refractivity contribution in [3.8, 4) is 6.07 Å². The van der Waals surface area contributed by atoms with E-state index in [1.165, 1.54) is 30.6 Å².